The normalized spacial score (nSPS) is 14.8. The van der Waals surface area contributed by atoms with Crippen LogP contribution in [0.2, 0.25) is 0 Å². The molecule has 0 amide bonds. The predicted molar refractivity (Wildman–Crippen MR) is 104 cm³/mol. The maximum atomic E-state index is 13.0. The van der Waals surface area contributed by atoms with Gasteiger partial charge in [0, 0.05) is 36.3 Å². The highest BCUT2D eigenvalue weighted by Crippen LogP contribution is 2.29. The van der Waals surface area contributed by atoms with Gasteiger partial charge in [0.15, 0.2) is 0 Å². The standard InChI is InChI=1S/C19H17N3O5S/c1-12-7-14-8-13-5-6-21(11-15(13)9-18(14)20-19(12)23)28(26,27)17-4-2-3-16(10-17)22(24)25/h2-4,7-10H,5-6,11H2,1H3,(H,20,23). The number of hydrogen-bond acceptors (Lipinski definition) is 5. The van der Waals surface area contributed by atoms with Crippen LogP contribution in [0, 0.1) is 17.0 Å². The number of nitro groups is 1. The Morgan fingerprint density at radius 1 is 1.14 bits per heavy atom. The molecule has 3 aromatic rings. The van der Waals surface area contributed by atoms with Gasteiger partial charge < -0.3 is 4.98 Å². The van der Waals surface area contributed by atoms with E-state index in [9.17, 15) is 23.3 Å². The van der Waals surface area contributed by atoms with E-state index in [0.717, 1.165) is 22.6 Å². The molecule has 0 saturated carbocycles. The Hall–Kier alpha value is -3.04. The van der Waals surface area contributed by atoms with Gasteiger partial charge in [-0.2, -0.15) is 4.31 Å². The maximum absolute atomic E-state index is 13.0. The van der Waals surface area contributed by atoms with Crippen molar-refractivity contribution in [2.24, 2.45) is 0 Å². The summed E-state index contributed by atoms with van der Waals surface area (Å²) < 4.78 is 27.3. The van der Waals surface area contributed by atoms with Crippen molar-refractivity contribution < 1.29 is 13.3 Å². The molecule has 4 rings (SSSR count). The molecule has 0 fully saturated rings. The second-order valence-corrected chi connectivity index (χ2v) is 8.77. The molecule has 144 valence electrons. The number of fused-ring (bicyclic) bond motifs is 2. The van der Waals surface area contributed by atoms with Gasteiger partial charge in [0.1, 0.15) is 0 Å². The number of aromatic amines is 1. The molecule has 1 aliphatic rings. The summed E-state index contributed by atoms with van der Waals surface area (Å²) in [5.41, 5.74) is 2.68. The van der Waals surface area contributed by atoms with E-state index in [1.807, 2.05) is 12.1 Å². The number of nitrogens with zero attached hydrogens (tertiary/aromatic N) is 2. The number of nitro benzene ring substituents is 1. The minimum Gasteiger partial charge on any atom is -0.322 e. The first-order chi connectivity index (χ1) is 13.3. The van der Waals surface area contributed by atoms with Gasteiger partial charge in [-0.3, -0.25) is 14.9 Å². The van der Waals surface area contributed by atoms with E-state index >= 15 is 0 Å². The van der Waals surface area contributed by atoms with E-state index in [4.69, 9.17) is 0 Å². The molecule has 2 heterocycles. The second kappa shape index (κ2) is 6.54. The van der Waals surface area contributed by atoms with Crippen LogP contribution < -0.4 is 5.56 Å². The zero-order valence-corrected chi connectivity index (χ0v) is 15.8. The number of aromatic nitrogens is 1. The van der Waals surface area contributed by atoms with Gasteiger partial charge in [0.25, 0.3) is 11.2 Å². The topological polar surface area (TPSA) is 113 Å². The van der Waals surface area contributed by atoms with Gasteiger partial charge in [-0.05, 0) is 54.1 Å². The van der Waals surface area contributed by atoms with Gasteiger partial charge in [-0.15, -0.1) is 0 Å². The monoisotopic (exact) mass is 399 g/mol. The molecule has 0 radical (unpaired) electrons. The van der Waals surface area contributed by atoms with Gasteiger partial charge >= 0.3 is 0 Å². The predicted octanol–water partition coefficient (Wildman–Crippen LogP) is 2.49. The number of nitrogens with one attached hydrogen (secondary N) is 1. The molecule has 2 aromatic carbocycles. The Morgan fingerprint density at radius 3 is 2.68 bits per heavy atom. The molecular weight excluding hydrogens is 382 g/mol. The lowest BCUT2D eigenvalue weighted by Crippen LogP contribution is -2.36. The third-order valence-electron chi connectivity index (χ3n) is 4.99. The molecule has 1 aliphatic heterocycles. The number of sulfonamides is 1. The molecule has 0 unspecified atom stereocenters. The highest BCUT2D eigenvalue weighted by molar-refractivity contribution is 7.89. The number of pyridine rings is 1. The fourth-order valence-corrected chi connectivity index (χ4v) is 4.92. The number of aryl methyl sites for hydroxylation is 1. The van der Waals surface area contributed by atoms with Crippen LogP contribution in [0.1, 0.15) is 16.7 Å². The Morgan fingerprint density at radius 2 is 1.93 bits per heavy atom. The van der Waals surface area contributed by atoms with Crippen LogP contribution in [0.5, 0.6) is 0 Å². The molecule has 8 nitrogen and oxygen atoms in total. The van der Waals surface area contributed by atoms with Gasteiger partial charge in [-0.25, -0.2) is 8.42 Å². The third kappa shape index (κ3) is 3.08. The summed E-state index contributed by atoms with van der Waals surface area (Å²) >= 11 is 0. The lowest BCUT2D eigenvalue weighted by molar-refractivity contribution is -0.385. The van der Waals surface area contributed by atoms with Crippen LogP contribution in [0.15, 0.2) is 52.2 Å². The quantitative estimate of drug-likeness (QED) is 0.537. The Bertz CT molecular complexity index is 1280. The van der Waals surface area contributed by atoms with Crippen molar-refractivity contribution in [3.63, 3.8) is 0 Å². The zero-order valence-electron chi connectivity index (χ0n) is 15.0. The van der Waals surface area contributed by atoms with Crippen molar-refractivity contribution in [3.05, 3.63) is 79.6 Å². The second-order valence-electron chi connectivity index (χ2n) is 6.83. The Labute approximate surface area is 160 Å². The first kappa shape index (κ1) is 18.3. The van der Waals surface area contributed by atoms with Crippen molar-refractivity contribution in [1.82, 2.24) is 9.29 Å². The molecule has 1 aromatic heterocycles. The van der Waals surface area contributed by atoms with Crippen molar-refractivity contribution in [2.75, 3.05) is 6.54 Å². The lowest BCUT2D eigenvalue weighted by atomic mass is 9.98. The van der Waals surface area contributed by atoms with Crippen molar-refractivity contribution >= 4 is 26.6 Å². The number of non-ortho nitro benzene ring substituents is 1. The summed E-state index contributed by atoms with van der Waals surface area (Å²) in [6.07, 6.45) is 0.525. The van der Waals surface area contributed by atoms with E-state index in [-0.39, 0.29) is 29.2 Å². The summed E-state index contributed by atoms with van der Waals surface area (Å²) in [6, 6.07) is 10.7. The maximum Gasteiger partial charge on any atom is 0.270 e. The smallest absolute Gasteiger partial charge is 0.270 e. The van der Waals surface area contributed by atoms with Crippen LogP contribution in [-0.4, -0.2) is 29.2 Å². The van der Waals surface area contributed by atoms with E-state index in [2.05, 4.69) is 4.98 Å². The van der Waals surface area contributed by atoms with Crippen LogP contribution in [0.4, 0.5) is 5.69 Å². The fourth-order valence-electron chi connectivity index (χ4n) is 3.46. The average molecular weight is 399 g/mol. The Balaban J connectivity index is 1.72. The van der Waals surface area contributed by atoms with E-state index in [1.165, 1.54) is 22.5 Å². The molecule has 9 heteroatoms. The van der Waals surface area contributed by atoms with E-state index in [0.29, 0.717) is 17.5 Å². The molecule has 0 spiro atoms. The minimum absolute atomic E-state index is 0.102. The summed E-state index contributed by atoms with van der Waals surface area (Å²) in [5.74, 6) is 0. The zero-order chi connectivity index (χ0) is 20.1. The summed E-state index contributed by atoms with van der Waals surface area (Å²) in [6.45, 7) is 2.17. The molecule has 28 heavy (non-hydrogen) atoms. The fraction of sp³-hybridized carbons (Fsp3) is 0.211. The van der Waals surface area contributed by atoms with Crippen LogP contribution in [0.25, 0.3) is 10.9 Å². The molecule has 0 saturated heterocycles. The van der Waals surface area contributed by atoms with Crippen LogP contribution >= 0.6 is 0 Å². The average Bonchev–Trinajstić information content (AvgIpc) is 2.67. The molecule has 0 bridgehead atoms. The number of benzene rings is 2. The summed E-state index contributed by atoms with van der Waals surface area (Å²) in [5, 5.41) is 11.9. The molecule has 1 N–H and O–H groups in total. The SMILES string of the molecule is Cc1cc2cc3c(cc2[nH]c1=O)CN(S(=O)(=O)c1cccc([N+](=O)[O-])c1)CC3. The van der Waals surface area contributed by atoms with E-state index in [1.54, 1.807) is 13.0 Å². The molecular formula is C19H17N3O5S. The highest BCUT2D eigenvalue weighted by atomic mass is 32.2. The number of H-pyrrole nitrogens is 1. The minimum atomic E-state index is -3.87. The van der Waals surface area contributed by atoms with Crippen molar-refractivity contribution in [3.8, 4) is 0 Å². The lowest BCUT2D eigenvalue weighted by Gasteiger charge is -2.28. The van der Waals surface area contributed by atoms with E-state index < -0.39 is 14.9 Å². The molecule has 0 aliphatic carbocycles. The summed E-state index contributed by atoms with van der Waals surface area (Å²) in [4.78, 5) is 24.9. The first-order valence-corrected chi connectivity index (χ1v) is 10.1. The first-order valence-electron chi connectivity index (χ1n) is 8.66. The Kier molecular flexibility index (Phi) is 4.28. The summed E-state index contributed by atoms with van der Waals surface area (Å²) in [7, 11) is -3.87. The van der Waals surface area contributed by atoms with Crippen LogP contribution in [-0.2, 0) is 23.0 Å². The largest absolute Gasteiger partial charge is 0.322 e. The third-order valence-corrected chi connectivity index (χ3v) is 6.83. The van der Waals surface area contributed by atoms with Crippen molar-refractivity contribution in [1.29, 1.82) is 0 Å². The highest BCUT2D eigenvalue weighted by Gasteiger charge is 2.29. The molecule has 0 atom stereocenters. The van der Waals surface area contributed by atoms with Gasteiger partial charge in [0.2, 0.25) is 10.0 Å². The van der Waals surface area contributed by atoms with Crippen molar-refractivity contribution in [2.45, 2.75) is 24.8 Å². The van der Waals surface area contributed by atoms with Gasteiger partial charge in [0.05, 0.1) is 9.82 Å². The van der Waals surface area contributed by atoms with Crippen LogP contribution in [0.3, 0.4) is 0 Å². The van der Waals surface area contributed by atoms with Gasteiger partial charge in [-0.1, -0.05) is 6.07 Å². The number of rotatable bonds is 3. The number of hydrogen-bond donors (Lipinski definition) is 1.